The van der Waals surface area contributed by atoms with Crippen molar-refractivity contribution in [3.05, 3.63) is 36.0 Å². The lowest BCUT2D eigenvalue weighted by atomic mass is 9.98. The van der Waals surface area contributed by atoms with Crippen LogP contribution >= 0.6 is 0 Å². The van der Waals surface area contributed by atoms with Gasteiger partial charge in [0.1, 0.15) is 0 Å². The summed E-state index contributed by atoms with van der Waals surface area (Å²) in [5, 5.41) is 1.29. The normalized spacial score (nSPS) is 20.3. The maximum absolute atomic E-state index is 5.80. The minimum absolute atomic E-state index is 0.556. The first-order valence-corrected chi connectivity index (χ1v) is 8.29. The molecule has 1 unspecified atom stereocenters. The molecule has 1 atom stereocenters. The van der Waals surface area contributed by atoms with E-state index in [0.29, 0.717) is 5.92 Å². The molecule has 0 saturated carbocycles. The number of benzene rings is 1. The van der Waals surface area contributed by atoms with Gasteiger partial charge in [0, 0.05) is 38.0 Å². The summed E-state index contributed by atoms with van der Waals surface area (Å²) >= 11 is 0. The van der Waals surface area contributed by atoms with Gasteiger partial charge in [0.05, 0.1) is 19.8 Å². The van der Waals surface area contributed by atoms with Gasteiger partial charge in [-0.2, -0.15) is 0 Å². The summed E-state index contributed by atoms with van der Waals surface area (Å²) in [6.45, 7) is 8.47. The van der Waals surface area contributed by atoms with Crippen molar-refractivity contribution in [2.45, 2.75) is 13.3 Å². The zero-order valence-electron chi connectivity index (χ0n) is 13.4. The zero-order valence-corrected chi connectivity index (χ0v) is 13.4. The molecule has 0 amide bonds. The Bertz CT molecular complexity index is 581. The fraction of sp³-hybridized carbons (Fsp3) is 0.556. The summed E-state index contributed by atoms with van der Waals surface area (Å²) in [6, 6.07) is 8.83. The second-order valence-corrected chi connectivity index (χ2v) is 6.04. The van der Waals surface area contributed by atoms with E-state index in [4.69, 9.17) is 9.47 Å². The Morgan fingerprint density at radius 3 is 3.23 bits per heavy atom. The van der Waals surface area contributed by atoms with E-state index in [0.717, 1.165) is 52.5 Å². The van der Waals surface area contributed by atoms with Crippen LogP contribution in [0.4, 0.5) is 0 Å². The number of H-pyrrole nitrogens is 1. The highest BCUT2D eigenvalue weighted by Gasteiger charge is 2.19. The van der Waals surface area contributed by atoms with Crippen molar-refractivity contribution >= 4 is 10.9 Å². The van der Waals surface area contributed by atoms with E-state index < -0.39 is 0 Å². The van der Waals surface area contributed by atoms with Crippen LogP contribution in [0.3, 0.4) is 0 Å². The zero-order chi connectivity index (χ0) is 15.2. The summed E-state index contributed by atoms with van der Waals surface area (Å²) in [5.74, 6) is 0.556. The lowest BCUT2D eigenvalue weighted by Crippen LogP contribution is -2.33. The number of nitrogens with one attached hydrogen (secondary N) is 1. The van der Waals surface area contributed by atoms with Crippen LogP contribution in [0.5, 0.6) is 0 Å². The van der Waals surface area contributed by atoms with Crippen LogP contribution < -0.4 is 0 Å². The lowest BCUT2D eigenvalue weighted by Gasteiger charge is -2.23. The van der Waals surface area contributed by atoms with Gasteiger partial charge in [-0.05, 0) is 48.4 Å². The molecule has 1 aliphatic heterocycles. The van der Waals surface area contributed by atoms with Gasteiger partial charge in [-0.3, -0.25) is 4.90 Å². The van der Waals surface area contributed by atoms with Crippen LogP contribution in [-0.2, 0) is 15.9 Å². The van der Waals surface area contributed by atoms with Gasteiger partial charge < -0.3 is 14.5 Å². The molecule has 1 fully saturated rings. The molecular weight excluding hydrogens is 276 g/mol. The molecule has 1 aromatic heterocycles. The van der Waals surface area contributed by atoms with E-state index in [1.807, 2.05) is 13.1 Å². The Kier molecular flexibility index (Phi) is 5.48. The fourth-order valence-corrected chi connectivity index (χ4v) is 3.18. The topological polar surface area (TPSA) is 37.5 Å². The van der Waals surface area contributed by atoms with Crippen molar-refractivity contribution in [2.24, 2.45) is 5.92 Å². The fourth-order valence-electron chi connectivity index (χ4n) is 3.18. The number of aromatic amines is 1. The molecule has 22 heavy (non-hydrogen) atoms. The highest BCUT2D eigenvalue weighted by Crippen LogP contribution is 2.19. The molecule has 1 N–H and O–H groups in total. The maximum atomic E-state index is 5.80. The molecule has 0 radical (unpaired) electrons. The van der Waals surface area contributed by atoms with Crippen molar-refractivity contribution in [1.82, 2.24) is 9.88 Å². The number of ether oxygens (including phenoxy) is 2. The molecule has 2 aromatic rings. The molecule has 0 bridgehead atoms. The molecular formula is C18H26N2O2. The van der Waals surface area contributed by atoms with E-state index in [1.165, 1.54) is 16.5 Å². The predicted molar refractivity (Wildman–Crippen MR) is 89.2 cm³/mol. The first-order valence-electron chi connectivity index (χ1n) is 8.29. The van der Waals surface area contributed by atoms with Crippen LogP contribution in [0.2, 0.25) is 0 Å². The molecule has 0 aliphatic carbocycles. The standard InChI is InChI=1S/C18H26N2O2/c1-2-21-9-7-20-8-10-22-14-16(13-20)11-15-3-4-18-17(12-15)5-6-19-18/h3-6,12,16,19H,2,7-11,13-14H2,1H3. The van der Waals surface area contributed by atoms with E-state index in [1.54, 1.807) is 0 Å². The number of hydrogen-bond acceptors (Lipinski definition) is 3. The molecule has 1 saturated heterocycles. The van der Waals surface area contributed by atoms with Gasteiger partial charge >= 0.3 is 0 Å². The summed E-state index contributed by atoms with van der Waals surface area (Å²) < 4.78 is 11.3. The molecule has 1 aliphatic rings. The summed E-state index contributed by atoms with van der Waals surface area (Å²) in [5.41, 5.74) is 2.60. The maximum Gasteiger partial charge on any atom is 0.0593 e. The van der Waals surface area contributed by atoms with E-state index in [-0.39, 0.29) is 0 Å². The van der Waals surface area contributed by atoms with Crippen molar-refractivity contribution in [3.8, 4) is 0 Å². The van der Waals surface area contributed by atoms with Crippen molar-refractivity contribution in [2.75, 3.05) is 46.1 Å². The quantitative estimate of drug-likeness (QED) is 0.834. The van der Waals surface area contributed by atoms with Gasteiger partial charge in [-0.15, -0.1) is 0 Å². The second-order valence-electron chi connectivity index (χ2n) is 6.04. The number of fused-ring (bicyclic) bond motifs is 1. The third-order valence-electron chi connectivity index (χ3n) is 4.32. The Labute approximate surface area is 132 Å². The highest BCUT2D eigenvalue weighted by molar-refractivity contribution is 5.79. The largest absolute Gasteiger partial charge is 0.380 e. The molecule has 3 rings (SSSR count). The number of hydrogen-bond donors (Lipinski definition) is 1. The number of rotatable bonds is 6. The van der Waals surface area contributed by atoms with Crippen LogP contribution in [0.25, 0.3) is 10.9 Å². The third kappa shape index (κ3) is 4.09. The second kappa shape index (κ2) is 7.77. The van der Waals surface area contributed by atoms with Crippen molar-refractivity contribution in [1.29, 1.82) is 0 Å². The van der Waals surface area contributed by atoms with Gasteiger partial charge in [-0.1, -0.05) is 6.07 Å². The van der Waals surface area contributed by atoms with Gasteiger partial charge in [0.15, 0.2) is 0 Å². The van der Waals surface area contributed by atoms with E-state index >= 15 is 0 Å². The van der Waals surface area contributed by atoms with Gasteiger partial charge in [0.2, 0.25) is 0 Å². The average molecular weight is 302 g/mol. The smallest absolute Gasteiger partial charge is 0.0593 e. The molecule has 4 heteroatoms. The summed E-state index contributed by atoms with van der Waals surface area (Å²) in [4.78, 5) is 5.72. The monoisotopic (exact) mass is 302 g/mol. The molecule has 120 valence electrons. The molecule has 1 aromatic carbocycles. The number of aromatic nitrogens is 1. The molecule has 0 spiro atoms. The molecule has 2 heterocycles. The van der Waals surface area contributed by atoms with E-state index in [2.05, 4.69) is 34.1 Å². The first kappa shape index (κ1) is 15.5. The Morgan fingerprint density at radius 1 is 1.36 bits per heavy atom. The van der Waals surface area contributed by atoms with Gasteiger partial charge in [-0.25, -0.2) is 0 Å². The van der Waals surface area contributed by atoms with Crippen LogP contribution in [-0.4, -0.2) is 55.9 Å². The van der Waals surface area contributed by atoms with Crippen molar-refractivity contribution in [3.63, 3.8) is 0 Å². The predicted octanol–water partition coefficient (Wildman–Crippen LogP) is 2.70. The van der Waals surface area contributed by atoms with Crippen molar-refractivity contribution < 1.29 is 9.47 Å². The Balaban J connectivity index is 1.59. The van der Waals surface area contributed by atoms with Gasteiger partial charge in [0.25, 0.3) is 0 Å². The van der Waals surface area contributed by atoms with Crippen LogP contribution in [0.15, 0.2) is 30.5 Å². The highest BCUT2D eigenvalue weighted by atomic mass is 16.5. The first-order chi connectivity index (χ1) is 10.8. The van der Waals surface area contributed by atoms with E-state index in [9.17, 15) is 0 Å². The minimum atomic E-state index is 0.556. The third-order valence-corrected chi connectivity index (χ3v) is 4.32. The van der Waals surface area contributed by atoms with Crippen LogP contribution in [0, 0.1) is 5.92 Å². The minimum Gasteiger partial charge on any atom is -0.380 e. The summed E-state index contributed by atoms with van der Waals surface area (Å²) in [7, 11) is 0. The average Bonchev–Trinajstić information content (AvgIpc) is 2.87. The lowest BCUT2D eigenvalue weighted by molar-refractivity contribution is 0.106. The molecule has 4 nitrogen and oxygen atoms in total. The Hall–Kier alpha value is -1.36. The summed E-state index contributed by atoms with van der Waals surface area (Å²) in [6.07, 6.45) is 3.07. The Morgan fingerprint density at radius 2 is 2.32 bits per heavy atom. The number of nitrogens with zero attached hydrogens (tertiary/aromatic N) is 1. The van der Waals surface area contributed by atoms with Crippen LogP contribution in [0.1, 0.15) is 12.5 Å². The SMILES string of the molecule is CCOCCN1CCOCC(Cc2ccc3[nH]ccc3c2)C1.